The maximum absolute atomic E-state index is 13.7. The van der Waals surface area contributed by atoms with Gasteiger partial charge in [-0.05, 0) is 41.2 Å². The lowest BCUT2D eigenvalue weighted by Crippen LogP contribution is -2.50. The van der Waals surface area contributed by atoms with Gasteiger partial charge in [-0.25, -0.2) is 9.59 Å². The van der Waals surface area contributed by atoms with Gasteiger partial charge in [-0.2, -0.15) is 13.2 Å². The van der Waals surface area contributed by atoms with Crippen LogP contribution >= 0.6 is 0 Å². The first-order valence-electron chi connectivity index (χ1n) is 13.4. The average molecular weight is 585 g/mol. The van der Waals surface area contributed by atoms with E-state index in [1.165, 1.54) is 6.92 Å². The minimum absolute atomic E-state index is 0.0852. The molecule has 0 saturated heterocycles. The van der Waals surface area contributed by atoms with Gasteiger partial charge in [0, 0.05) is 12.3 Å². The molecule has 0 unspecified atom stereocenters. The van der Waals surface area contributed by atoms with Crippen LogP contribution in [-0.2, 0) is 25.7 Å². The van der Waals surface area contributed by atoms with Crippen molar-refractivity contribution in [2.75, 3.05) is 6.61 Å². The predicted molar refractivity (Wildman–Crippen MR) is 148 cm³/mol. The molecule has 0 heterocycles. The molecular weight excluding hydrogens is 553 g/mol. The Morgan fingerprint density at radius 1 is 0.881 bits per heavy atom. The molecule has 222 valence electrons. The summed E-state index contributed by atoms with van der Waals surface area (Å²) >= 11 is 0. The number of hydrogen-bond donors (Lipinski definition) is 3. The van der Waals surface area contributed by atoms with Crippen molar-refractivity contribution >= 4 is 18.0 Å². The van der Waals surface area contributed by atoms with Crippen molar-refractivity contribution < 1.29 is 42.1 Å². The minimum atomic E-state index is -4.87. The number of amides is 2. The highest BCUT2D eigenvalue weighted by Crippen LogP contribution is 2.44. The van der Waals surface area contributed by atoms with Gasteiger partial charge in [0.25, 0.3) is 0 Å². The summed E-state index contributed by atoms with van der Waals surface area (Å²) in [7, 11) is 0. The van der Waals surface area contributed by atoms with Crippen molar-refractivity contribution in [2.24, 2.45) is 0 Å². The Bertz CT molecular complexity index is 1350. The van der Waals surface area contributed by atoms with Gasteiger partial charge in [0.15, 0.2) is 6.04 Å². The molecule has 3 atom stereocenters. The summed E-state index contributed by atoms with van der Waals surface area (Å²) in [6.07, 6.45) is -8.62. The molecule has 42 heavy (non-hydrogen) atoms. The van der Waals surface area contributed by atoms with Gasteiger partial charge >= 0.3 is 18.2 Å². The Labute approximate surface area is 240 Å². The van der Waals surface area contributed by atoms with Crippen LogP contribution in [0.25, 0.3) is 11.1 Å². The van der Waals surface area contributed by atoms with Crippen molar-refractivity contribution in [3.8, 4) is 11.1 Å². The second kappa shape index (κ2) is 13.5. The number of alkyl carbamates (subject to hydrolysis) is 1. The van der Waals surface area contributed by atoms with E-state index in [2.05, 4.69) is 5.32 Å². The van der Waals surface area contributed by atoms with Crippen LogP contribution in [0.1, 0.15) is 42.4 Å². The molecule has 3 aromatic carbocycles. The van der Waals surface area contributed by atoms with Gasteiger partial charge in [-0.3, -0.25) is 4.79 Å². The van der Waals surface area contributed by atoms with Crippen LogP contribution in [-0.4, -0.2) is 54.0 Å². The van der Waals surface area contributed by atoms with E-state index in [1.54, 1.807) is 24.3 Å². The number of carboxylic acid groups (broad SMARTS) is 1. The number of carboxylic acids is 1. The van der Waals surface area contributed by atoms with Crippen molar-refractivity contribution in [2.45, 2.75) is 56.7 Å². The van der Waals surface area contributed by atoms with Crippen molar-refractivity contribution in [3.63, 3.8) is 0 Å². The maximum Gasteiger partial charge on any atom is 0.408 e. The second-order valence-electron chi connectivity index (χ2n) is 9.99. The Balaban J connectivity index is 1.30. The number of halogens is 3. The topological polar surface area (TPSA) is 114 Å². The largest absolute Gasteiger partial charge is 0.480 e. The van der Waals surface area contributed by atoms with E-state index in [0.717, 1.165) is 27.8 Å². The van der Waals surface area contributed by atoms with E-state index in [0.29, 0.717) is 0 Å². The third-order valence-corrected chi connectivity index (χ3v) is 7.10. The highest BCUT2D eigenvalue weighted by molar-refractivity contribution is 5.84. The minimum Gasteiger partial charge on any atom is -0.480 e. The van der Waals surface area contributed by atoms with Crippen LogP contribution in [0.4, 0.5) is 18.0 Å². The van der Waals surface area contributed by atoms with Gasteiger partial charge in [-0.1, -0.05) is 78.9 Å². The second-order valence-corrected chi connectivity index (χ2v) is 9.99. The first kappa shape index (κ1) is 30.6. The number of rotatable bonds is 12. The first-order valence-corrected chi connectivity index (χ1v) is 13.4. The van der Waals surface area contributed by atoms with Crippen molar-refractivity contribution in [1.82, 2.24) is 10.6 Å². The Hall–Kier alpha value is -4.38. The van der Waals surface area contributed by atoms with Crippen molar-refractivity contribution in [1.29, 1.82) is 0 Å². The van der Waals surface area contributed by atoms with E-state index < -0.39 is 55.2 Å². The van der Waals surface area contributed by atoms with E-state index in [4.69, 9.17) is 9.47 Å². The smallest absolute Gasteiger partial charge is 0.408 e. The molecule has 0 aromatic heterocycles. The highest BCUT2D eigenvalue weighted by atomic mass is 19.4. The molecule has 1 aliphatic rings. The Morgan fingerprint density at radius 3 is 2.02 bits per heavy atom. The van der Waals surface area contributed by atoms with Gasteiger partial charge in [-0.15, -0.1) is 0 Å². The van der Waals surface area contributed by atoms with E-state index in [9.17, 15) is 32.7 Å². The molecule has 1 aliphatic carbocycles. The number of carbonyl (C=O) groups is 3. The SMILES string of the molecule is C[C@H](OCc1ccccc1)[C@@H](NC(=O)CC[C@H](NC(=O)OCC1c2ccccc2-c2ccccc21)C(F)(F)F)C(=O)O. The molecule has 3 aromatic rings. The summed E-state index contributed by atoms with van der Waals surface area (Å²) in [6.45, 7) is 1.35. The number of ether oxygens (including phenoxy) is 2. The Morgan fingerprint density at radius 2 is 1.45 bits per heavy atom. The molecule has 3 N–H and O–H groups in total. The fourth-order valence-corrected chi connectivity index (χ4v) is 4.90. The van der Waals surface area contributed by atoms with Gasteiger partial charge in [0.1, 0.15) is 12.6 Å². The fourth-order valence-electron chi connectivity index (χ4n) is 4.90. The summed E-state index contributed by atoms with van der Waals surface area (Å²) in [6, 6.07) is 20.2. The lowest BCUT2D eigenvalue weighted by molar-refractivity contribution is -0.157. The van der Waals surface area contributed by atoms with Crippen LogP contribution in [0, 0.1) is 0 Å². The number of fused-ring (bicyclic) bond motifs is 3. The first-order chi connectivity index (χ1) is 20.0. The standard InChI is InChI=1S/C31H31F3N2O6/c1-19(41-17-20-9-3-2-4-10-20)28(29(38)39)36-27(37)16-15-26(31(32,33)34)35-30(40)42-18-25-23-13-7-5-11-21(23)22-12-6-8-14-24(22)25/h2-14,19,25-26,28H,15-18H2,1H3,(H,35,40)(H,36,37)(H,38,39)/t19-,26-,28+/m0/s1. The molecule has 0 spiro atoms. The quantitative estimate of drug-likeness (QED) is 0.262. The molecule has 0 bridgehead atoms. The summed E-state index contributed by atoms with van der Waals surface area (Å²) in [5.41, 5.74) is 4.55. The van der Waals surface area contributed by atoms with Crippen molar-refractivity contribution in [3.05, 3.63) is 95.6 Å². The summed E-state index contributed by atoms with van der Waals surface area (Å²) < 4.78 is 52.0. The summed E-state index contributed by atoms with van der Waals surface area (Å²) in [4.78, 5) is 36.6. The van der Waals surface area contributed by atoms with Gasteiger partial charge in [0.2, 0.25) is 5.91 Å². The Kier molecular flexibility index (Phi) is 9.84. The monoisotopic (exact) mass is 584 g/mol. The highest BCUT2D eigenvalue weighted by Gasteiger charge is 2.41. The maximum atomic E-state index is 13.7. The van der Waals surface area contributed by atoms with Gasteiger partial charge in [0.05, 0.1) is 12.7 Å². The number of benzene rings is 3. The molecule has 0 saturated carbocycles. The molecule has 2 amide bonds. The van der Waals surface area contributed by atoms with Crippen LogP contribution in [0.15, 0.2) is 78.9 Å². The zero-order valence-electron chi connectivity index (χ0n) is 22.8. The number of aliphatic carboxylic acids is 1. The lowest BCUT2D eigenvalue weighted by Gasteiger charge is -2.24. The molecule has 11 heteroatoms. The molecule has 0 aliphatic heterocycles. The predicted octanol–water partition coefficient (Wildman–Crippen LogP) is 5.41. The average Bonchev–Trinajstić information content (AvgIpc) is 3.29. The van der Waals surface area contributed by atoms with E-state index >= 15 is 0 Å². The molecule has 8 nitrogen and oxygen atoms in total. The van der Waals surface area contributed by atoms with Crippen LogP contribution in [0.3, 0.4) is 0 Å². The zero-order valence-corrected chi connectivity index (χ0v) is 22.8. The molecule has 4 rings (SSSR count). The third-order valence-electron chi connectivity index (χ3n) is 7.10. The fraction of sp³-hybridized carbons (Fsp3) is 0.323. The molecular formula is C31H31F3N2O6. The molecule has 0 fully saturated rings. The number of nitrogens with one attached hydrogen (secondary N) is 2. The lowest BCUT2D eigenvalue weighted by atomic mass is 9.98. The van der Waals surface area contributed by atoms with E-state index in [1.807, 2.05) is 59.9 Å². The summed E-state index contributed by atoms with van der Waals surface area (Å²) in [5.74, 6) is -2.66. The normalized spacial score (nSPS) is 14.7. The van der Waals surface area contributed by atoms with Gasteiger partial charge < -0.3 is 25.2 Å². The number of alkyl halides is 3. The van der Waals surface area contributed by atoms with E-state index in [-0.39, 0.29) is 19.1 Å². The van der Waals surface area contributed by atoms with Crippen LogP contribution < -0.4 is 10.6 Å². The number of carbonyl (C=O) groups excluding carboxylic acids is 2. The number of hydrogen-bond acceptors (Lipinski definition) is 5. The van der Waals surface area contributed by atoms with Crippen LogP contribution in [0.2, 0.25) is 0 Å². The molecule has 0 radical (unpaired) electrons. The summed E-state index contributed by atoms with van der Waals surface area (Å²) in [5, 5.41) is 13.6. The zero-order chi connectivity index (χ0) is 30.3. The van der Waals surface area contributed by atoms with Crippen LogP contribution in [0.5, 0.6) is 0 Å². The third kappa shape index (κ3) is 7.67.